The molecule has 1 nitrogen and oxygen atoms in total. The second kappa shape index (κ2) is 6.13. The third-order valence-corrected chi connectivity index (χ3v) is 5.61. The lowest BCUT2D eigenvalue weighted by atomic mass is 9.69. The largest absolute Gasteiger partial charge is 0.310 e. The third-order valence-electron chi connectivity index (χ3n) is 4.10. The van der Waals surface area contributed by atoms with Crippen LogP contribution < -0.4 is 5.32 Å². The van der Waals surface area contributed by atoms with Crippen molar-refractivity contribution in [2.75, 3.05) is 6.54 Å². The monoisotopic (exact) mass is 305 g/mol. The predicted octanol–water partition coefficient (Wildman–Crippen LogP) is 5.68. The van der Waals surface area contributed by atoms with Gasteiger partial charge in [0.1, 0.15) is 0 Å². The first-order valence-corrected chi connectivity index (χ1v) is 8.32. The van der Waals surface area contributed by atoms with Crippen molar-refractivity contribution in [2.45, 2.75) is 52.0 Å². The molecule has 18 heavy (non-hydrogen) atoms. The van der Waals surface area contributed by atoms with E-state index in [0.29, 0.717) is 11.5 Å². The Bertz CT molecular complexity index is 396. The molecule has 0 saturated heterocycles. The van der Waals surface area contributed by atoms with E-state index in [1.165, 1.54) is 49.0 Å². The number of hydrogen-bond acceptors (Lipinski definition) is 2. The lowest BCUT2D eigenvalue weighted by molar-refractivity contribution is 0.146. The molecule has 1 atom stereocenters. The third kappa shape index (κ3) is 3.04. The quantitative estimate of drug-likeness (QED) is 0.755. The molecule has 0 bridgehead atoms. The molecule has 0 amide bonds. The lowest BCUT2D eigenvalue weighted by Crippen LogP contribution is -2.37. The van der Waals surface area contributed by atoms with Gasteiger partial charge in [0.15, 0.2) is 0 Å². The van der Waals surface area contributed by atoms with Crippen LogP contribution in [0.15, 0.2) is 6.07 Å². The molecule has 1 aromatic heterocycles. The normalized spacial score (nSPS) is 20.9. The van der Waals surface area contributed by atoms with Crippen molar-refractivity contribution in [3.8, 4) is 0 Å². The zero-order valence-electron chi connectivity index (χ0n) is 11.1. The summed E-state index contributed by atoms with van der Waals surface area (Å²) in [5.74, 6) is 0. The van der Waals surface area contributed by atoms with Crippen molar-refractivity contribution in [1.82, 2.24) is 5.32 Å². The minimum Gasteiger partial charge on any atom is -0.310 e. The molecule has 0 aromatic carbocycles. The van der Waals surface area contributed by atoms with Crippen LogP contribution in [0.3, 0.4) is 0 Å². The molecule has 1 fully saturated rings. The first-order valence-electron chi connectivity index (χ1n) is 6.75. The number of nitrogens with one attached hydrogen (secondary N) is 1. The molecule has 4 heteroatoms. The molecular formula is C14H21Cl2NS. The van der Waals surface area contributed by atoms with Gasteiger partial charge in [0.05, 0.1) is 8.67 Å². The second-order valence-corrected chi connectivity index (χ2v) is 7.77. The van der Waals surface area contributed by atoms with Gasteiger partial charge in [0.25, 0.3) is 0 Å². The molecule has 0 radical (unpaired) electrons. The zero-order chi connectivity index (χ0) is 13.2. The summed E-state index contributed by atoms with van der Waals surface area (Å²) in [5.41, 5.74) is 1.50. The highest BCUT2D eigenvalue weighted by atomic mass is 35.5. The fourth-order valence-electron chi connectivity index (χ4n) is 3.13. The van der Waals surface area contributed by atoms with Gasteiger partial charge in [-0.1, -0.05) is 56.3 Å². The summed E-state index contributed by atoms with van der Waals surface area (Å²) in [5, 5.41) is 3.63. The number of thiophene rings is 1. The van der Waals surface area contributed by atoms with Crippen LogP contribution in [0.5, 0.6) is 0 Å². The topological polar surface area (TPSA) is 12.0 Å². The molecule has 102 valence electrons. The average molecular weight is 306 g/mol. The van der Waals surface area contributed by atoms with Crippen molar-refractivity contribution in [3.05, 3.63) is 20.3 Å². The van der Waals surface area contributed by atoms with E-state index in [-0.39, 0.29) is 0 Å². The molecule has 2 rings (SSSR count). The highest BCUT2D eigenvalue weighted by Gasteiger charge is 2.37. The zero-order valence-corrected chi connectivity index (χ0v) is 13.4. The van der Waals surface area contributed by atoms with Crippen LogP contribution in [0.1, 0.15) is 57.6 Å². The number of hydrogen-bond donors (Lipinski definition) is 1. The Kier molecular flexibility index (Phi) is 4.99. The van der Waals surface area contributed by atoms with Crippen molar-refractivity contribution in [2.24, 2.45) is 5.41 Å². The lowest BCUT2D eigenvalue weighted by Gasteiger charge is -2.41. The Hall–Kier alpha value is 0.240. The van der Waals surface area contributed by atoms with E-state index in [2.05, 4.69) is 19.2 Å². The highest BCUT2D eigenvalue weighted by Crippen LogP contribution is 2.49. The molecule has 1 saturated carbocycles. The highest BCUT2D eigenvalue weighted by molar-refractivity contribution is 7.20. The molecule has 1 N–H and O–H groups in total. The standard InChI is InChI=1S/C14H21Cl2NS/c1-3-17-12(10-9-11(15)18-13(10)16)14(2)7-5-4-6-8-14/h9,12,17H,3-8H2,1-2H3. The summed E-state index contributed by atoms with van der Waals surface area (Å²) < 4.78 is 1.63. The first kappa shape index (κ1) is 14.6. The predicted molar refractivity (Wildman–Crippen MR) is 81.9 cm³/mol. The van der Waals surface area contributed by atoms with Crippen LogP contribution in [0.25, 0.3) is 0 Å². The Morgan fingerprint density at radius 2 is 2.00 bits per heavy atom. The SMILES string of the molecule is CCNC(c1cc(Cl)sc1Cl)C1(C)CCCCC1. The Balaban J connectivity index is 2.29. The molecule has 1 aliphatic carbocycles. The molecule has 0 aliphatic heterocycles. The molecule has 1 aliphatic rings. The van der Waals surface area contributed by atoms with Crippen LogP contribution >= 0.6 is 34.5 Å². The van der Waals surface area contributed by atoms with Crippen LogP contribution in [-0.2, 0) is 0 Å². The molecule has 1 heterocycles. The van der Waals surface area contributed by atoms with Gasteiger partial charge in [0, 0.05) is 11.6 Å². The van der Waals surface area contributed by atoms with E-state index in [4.69, 9.17) is 23.2 Å². The van der Waals surface area contributed by atoms with E-state index < -0.39 is 0 Å². The summed E-state index contributed by atoms with van der Waals surface area (Å²) in [6, 6.07) is 2.38. The van der Waals surface area contributed by atoms with Gasteiger partial charge in [0.2, 0.25) is 0 Å². The number of halogens is 2. The molecule has 1 unspecified atom stereocenters. The molecular weight excluding hydrogens is 285 g/mol. The maximum Gasteiger partial charge on any atom is 0.0992 e. The molecule has 0 spiro atoms. The van der Waals surface area contributed by atoms with Crippen LogP contribution in [-0.4, -0.2) is 6.54 Å². The fraction of sp³-hybridized carbons (Fsp3) is 0.714. The minimum atomic E-state index is 0.308. The Morgan fingerprint density at radius 3 is 2.50 bits per heavy atom. The van der Waals surface area contributed by atoms with Gasteiger partial charge in [-0.05, 0) is 30.9 Å². The van der Waals surface area contributed by atoms with Crippen LogP contribution in [0, 0.1) is 5.41 Å². The van der Waals surface area contributed by atoms with Gasteiger partial charge in [-0.15, -0.1) is 11.3 Å². The van der Waals surface area contributed by atoms with Gasteiger partial charge in [-0.3, -0.25) is 0 Å². The summed E-state index contributed by atoms with van der Waals surface area (Å²) in [4.78, 5) is 0. The maximum atomic E-state index is 6.35. The van der Waals surface area contributed by atoms with Gasteiger partial charge >= 0.3 is 0 Å². The smallest absolute Gasteiger partial charge is 0.0992 e. The van der Waals surface area contributed by atoms with E-state index >= 15 is 0 Å². The average Bonchev–Trinajstić information content (AvgIpc) is 2.66. The van der Waals surface area contributed by atoms with E-state index in [1.807, 2.05) is 6.07 Å². The van der Waals surface area contributed by atoms with E-state index in [9.17, 15) is 0 Å². The van der Waals surface area contributed by atoms with Crippen molar-refractivity contribution in [1.29, 1.82) is 0 Å². The Morgan fingerprint density at radius 1 is 1.33 bits per heavy atom. The van der Waals surface area contributed by atoms with Gasteiger partial charge in [-0.25, -0.2) is 0 Å². The summed E-state index contributed by atoms with van der Waals surface area (Å²) in [6.07, 6.45) is 6.57. The van der Waals surface area contributed by atoms with Gasteiger partial charge < -0.3 is 5.32 Å². The molecule has 1 aromatic rings. The van der Waals surface area contributed by atoms with Crippen molar-refractivity contribution >= 4 is 34.5 Å². The van der Waals surface area contributed by atoms with E-state index in [1.54, 1.807) is 0 Å². The van der Waals surface area contributed by atoms with Crippen LogP contribution in [0.4, 0.5) is 0 Å². The minimum absolute atomic E-state index is 0.308. The van der Waals surface area contributed by atoms with Crippen molar-refractivity contribution < 1.29 is 0 Å². The maximum absolute atomic E-state index is 6.35. The Labute approximate surface area is 124 Å². The summed E-state index contributed by atoms with van der Waals surface area (Å²) in [7, 11) is 0. The second-order valence-electron chi connectivity index (χ2n) is 5.48. The number of rotatable bonds is 4. The van der Waals surface area contributed by atoms with Gasteiger partial charge in [-0.2, -0.15) is 0 Å². The first-order chi connectivity index (χ1) is 8.57. The van der Waals surface area contributed by atoms with Crippen LogP contribution in [0.2, 0.25) is 8.67 Å². The van der Waals surface area contributed by atoms with Crippen molar-refractivity contribution in [3.63, 3.8) is 0 Å². The van der Waals surface area contributed by atoms with E-state index in [0.717, 1.165) is 15.2 Å². The fourth-order valence-corrected chi connectivity index (χ4v) is 4.67. The summed E-state index contributed by atoms with van der Waals surface area (Å²) in [6.45, 7) is 5.51. The summed E-state index contributed by atoms with van der Waals surface area (Å²) >= 11 is 13.9.